The van der Waals surface area contributed by atoms with Gasteiger partial charge in [-0.15, -0.1) is 0 Å². The summed E-state index contributed by atoms with van der Waals surface area (Å²) in [5.41, 5.74) is 0. The van der Waals surface area contributed by atoms with Crippen molar-refractivity contribution in [1.82, 2.24) is 0 Å². The van der Waals surface area contributed by atoms with Gasteiger partial charge in [-0.3, -0.25) is 0 Å². The second-order valence-electron chi connectivity index (χ2n) is 5.84. The van der Waals surface area contributed by atoms with Gasteiger partial charge in [-0.1, -0.05) is 32.1 Å². The van der Waals surface area contributed by atoms with Crippen molar-refractivity contribution in [2.75, 3.05) is 6.61 Å². The molecule has 0 radical (unpaired) electrons. The molecule has 112 valence electrons. The van der Waals surface area contributed by atoms with Crippen molar-refractivity contribution in [3.8, 4) is 0 Å². The summed E-state index contributed by atoms with van der Waals surface area (Å²) in [6, 6.07) is 0. The van der Waals surface area contributed by atoms with Crippen molar-refractivity contribution in [2.24, 2.45) is 5.92 Å². The van der Waals surface area contributed by atoms with Gasteiger partial charge in [0.1, 0.15) is 18.3 Å². The van der Waals surface area contributed by atoms with E-state index in [1.165, 1.54) is 32.1 Å². The van der Waals surface area contributed by atoms with Crippen LogP contribution in [0.25, 0.3) is 0 Å². The van der Waals surface area contributed by atoms with E-state index in [2.05, 4.69) is 0 Å². The van der Waals surface area contributed by atoms with Gasteiger partial charge in [0.2, 0.25) is 0 Å². The minimum atomic E-state index is -1.21. The van der Waals surface area contributed by atoms with Crippen LogP contribution < -0.4 is 0 Å². The van der Waals surface area contributed by atoms with Crippen molar-refractivity contribution in [3.63, 3.8) is 0 Å². The third kappa shape index (κ3) is 3.89. The van der Waals surface area contributed by atoms with Gasteiger partial charge in [-0.05, 0) is 19.3 Å². The summed E-state index contributed by atoms with van der Waals surface area (Å²) < 4.78 is 10.9. The number of hydrogen-bond acceptors (Lipinski definition) is 5. The Morgan fingerprint density at radius 3 is 2.37 bits per heavy atom. The molecule has 0 aromatic rings. The lowest BCUT2D eigenvalue weighted by Gasteiger charge is -2.39. The smallest absolute Gasteiger partial charge is 0.186 e. The largest absolute Gasteiger partial charge is 0.388 e. The zero-order chi connectivity index (χ0) is 13.8. The summed E-state index contributed by atoms with van der Waals surface area (Å²) in [7, 11) is 0. The van der Waals surface area contributed by atoms with Gasteiger partial charge in [-0.2, -0.15) is 0 Å². The van der Waals surface area contributed by atoms with Crippen molar-refractivity contribution in [2.45, 2.75) is 76.2 Å². The summed E-state index contributed by atoms with van der Waals surface area (Å²) in [4.78, 5) is 0. The van der Waals surface area contributed by atoms with Gasteiger partial charge in [0.15, 0.2) is 6.29 Å². The highest BCUT2D eigenvalue weighted by atomic mass is 16.7. The number of ether oxygens (including phenoxy) is 2. The standard InChI is InChI=1S/C14H26O5/c1-9-11(15)12(16)13(17)14(19-9)18-8-7-10-5-3-2-4-6-10/h9-17H,2-8H2,1H3/t9-,11-,12+,13+,14+/m1/s1. The zero-order valence-electron chi connectivity index (χ0n) is 11.6. The predicted molar refractivity (Wildman–Crippen MR) is 69.5 cm³/mol. The van der Waals surface area contributed by atoms with Crippen LogP contribution in [0, 0.1) is 5.92 Å². The first-order chi connectivity index (χ1) is 9.09. The molecule has 0 bridgehead atoms. The van der Waals surface area contributed by atoms with E-state index in [4.69, 9.17) is 9.47 Å². The molecule has 19 heavy (non-hydrogen) atoms. The summed E-state index contributed by atoms with van der Waals surface area (Å²) in [5, 5.41) is 29.1. The number of rotatable bonds is 4. The van der Waals surface area contributed by atoms with E-state index in [0.29, 0.717) is 12.5 Å². The van der Waals surface area contributed by atoms with Crippen LogP contribution in [-0.4, -0.2) is 52.6 Å². The van der Waals surface area contributed by atoms with Crippen LogP contribution in [0.3, 0.4) is 0 Å². The second kappa shape index (κ2) is 6.99. The fraction of sp³-hybridized carbons (Fsp3) is 1.00. The van der Waals surface area contributed by atoms with Crippen LogP contribution in [0.2, 0.25) is 0 Å². The average Bonchev–Trinajstić information content (AvgIpc) is 2.43. The van der Waals surface area contributed by atoms with E-state index in [9.17, 15) is 15.3 Å². The minimum Gasteiger partial charge on any atom is -0.388 e. The second-order valence-corrected chi connectivity index (χ2v) is 5.84. The van der Waals surface area contributed by atoms with Gasteiger partial charge < -0.3 is 24.8 Å². The van der Waals surface area contributed by atoms with Crippen LogP contribution in [0.15, 0.2) is 0 Å². The fourth-order valence-corrected chi connectivity index (χ4v) is 2.98. The number of aliphatic hydroxyl groups is 3. The third-order valence-corrected chi connectivity index (χ3v) is 4.34. The van der Waals surface area contributed by atoms with Gasteiger partial charge in [0.25, 0.3) is 0 Å². The number of hydrogen-bond donors (Lipinski definition) is 3. The number of aliphatic hydroxyl groups excluding tert-OH is 3. The normalized spacial score (nSPS) is 41.4. The van der Waals surface area contributed by atoms with Gasteiger partial charge in [-0.25, -0.2) is 0 Å². The lowest BCUT2D eigenvalue weighted by atomic mass is 9.87. The molecule has 2 aliphatic rings. The topological polar surface area (TPSA) is 79.2 Å². The van der Waals surface area contributed by atoms with Crippen LogP contribution in [0.1, 0.15) is 45.4 Å². The van der Waals surface area contributed by atoms with Crippen molar-refractivity contribution >= 4 is 0 Å². The monoisotopic (exact) mass is 274 g/mol. The molecule has 0 unspecified atom stereocenters. The maximum atomic E-state index is 9.80. The Balaban J connectivity index is 1.72. The molecule has 5 nitrogen and oxygen atoms in total. The molecule has 1 aliphatic carbocycles. The first-order valence-electron chi connectivity index (χ1n) is 7.41. The lowest BCUT2D eigenvalue weighted by Crippen LogP contribution is -2.57. The molecule has 2 fully saturated rings. The Bertz CT molecular complexity index is 267. The van der Waals surface area contributed by atoms with Gasteiger partial charge in [0, 0.05) is 0 Å². The summed E-state index contributed by atoms with van der Waals surface area (Å²) >= 11 is 0. The first kappa shape index (κ1) is 15.2. The van der Waals surface area contributed by atoms with Crippen molar-refractivity contribution in [3.05, 3.63) is 0 Å². The van der Waals surface area contributed by atoms with Crippen molar-refractivity contribution in [1.29, 1.82) is 0 Å². The van der Waals surface area contributed by atoms with E-state index in [0.717, 1.165) is 6.42 Å². The molecule has 5 heteroatoms. The molecule has 0 aromatic heterocycles. The highest BCUT2D eigenvalue weighted by Crippen LogP contribution is 2.27. The molecule has 1 saturated heterocycles. The van der Waals surface area contributed by atoms with Crippen molar-refractivity contribution < 1.29 is 24.8 Å². The van der Waals surface area contributed by atoms with Crippen LogP contribution >= 0.6 is 0 Å². The van der Waals surface area contributed by atoms with Gasteiger partial charge in [0.05, 0.1) is 12.7 Å². The quantitative estimate of drug-likeness (QED) is 0.707. The Hall–Kier alpha value is -0.200. The summed E-state index contributed by atoms with van der Waals surface area (Å²) in [5.74, 6) is 0.711. The van der Waals surface area contributed by atoms with E-state index in [1.54, 1.807) is 6.92 Å². The van der Waals surface area contributed by atoms with Gasteiger partial charge >= 0.3 is 0 Å². The van der Waals surface area contributed by atoms with E-state index < -0.39 is 30.7 Å². The highest BCUT2D eigenvalue weighted by molar-refractivity contribution is 4.87. The highest BCUT2D eigenvalue weighted by Gasteiger charge is 2.42. The van der Waals surface area contributed by atoms with Crippen LogP contribution in [0.5, 0.6) is 0 Å². The minimum absolute atomic E-state index is 0.530. The molecule has 2 rings (SSSR count). The molecular weight excluding hydrogens is 248 g/mol. The molecule has 3 N–H and O–H groups in total. The molecule has 0 aromatic carbocycles. The SMILES string of the molecule is C[C@H]1O[C@H](OCCC2CCCCC2)[C@@H](O)[C@@H](O)[C@@H]1O. The summed E-state index contributed by atoms with van der Waals surface area (Å²) in [6.45, 7) is 2.19. The Morgan fingerprint density at radius 2 is 1.68 bits per heavy atom. The molecule has 5 atom stereocenters. The Morgan fingerprint density at radius 1 is 1.00 bits per heavy atom. The van der Waals surface area contributed by atoms with E-state index in [1.807, 2.05) is 0 Å². The average molecular weight is 274 g/mol. The molecule has 1 saturated carbocycles. The molecule has 1 heterocycles. The van der Waals surface area contributed by atoms with E-state index >= 15 is 0 Å². The Labute approximate surface area is 114 Å². The maximum Gasteiger partial charge on any atom is 0.186 e. The predicted octanol–water partition coefficient (Wildman–Crippen LogP) is 0.801. The molecule has 1 aliphatic heterocycles. The van der Waals surface area contributed by atoms with Crippen LogP contribution in [-0.2, 0) is 9.47 Å². The van der Waals surface area contributed by atoms with E-state index in [-0.39, 0.29) is 0 Å². The fourth-order valence-electron chi connectivity index (χ4n) is 2.98. The molecular formula is C14H26O5. The maximum absolute atomic E-state index is 9.80. The summed E-state index contributed by atoms with van der Waals surface area (Å²) in [6.07, 6.45) is 2.61. The third-order valence-electron chi connectivity index (χ3n) is 4.34. The Kier molecular flexibility index (Phi) is 5.59. The van der Waals surface area contributed by atoms with Crippen LogP contribution in [0.4, 0.5) is 0 Å². The zero-order valence-corrected chi connectivity index (χ0v) is 11.6. The first-order valence-corrected chi connectivity index (χ1v) is 7.41. The molecule has 0 spiro atoms. The lowest BCUT2D eigenvalue weighted by molar-refractivity contribution is -0.293. The molecule has 0 amide bonds.